The Hall–Kier alpha value is -1.62. The fourth-order valence-electron chi connectivity index (χ4n) is 2.49. The van der Waals surface area contributed by atoms with Gasteiger partial charge in [0.15, 0.2) is 0 Å². The van der Waals surface area contributed by atoms with E-state index in [0.29, 0.717) is 0 Å². The maximum Gasteiger partial charge on any atom is 0.270 e. The van der Waals surface area contributed by atoms with Gasteiger partial charge in [0.25, 0.3) is 5.69 Å². The number of hydrogen-bond donors (Lipinski definition) is 1. The highest BCUT2D eigenvalue weighted by molar-refractivity contribution is 5.48. The van der Waals surface area contributed by atoms with Gasteiger partial charge in [-0.15, -0.1) is 0 Å². The normalized spacial score (nSPS) is 30.7. The lowest BCUT2D eigenvalue weighted by molar-refractivity contribution is -0.385. The first-order valence-electron chi connectivity index (χ1n) is 5.28. The van der Waals surface area contributed by atoms with E-state index in [4.69, 9.17) is 4.74 Å². The van der Waals surface area contributed by atoms with E-state index in [0.717, 1.165) is 24.3 Å². The van der Waals surface area contributed by atoms with Gasteiger partial charge < -0.3 is 10.1 Å². The average molecular weight is 220 g/mol. The lowest BCUT2D eigenvalue weighted by atomic mass is 9.93. The molecule has 0 radical (unpaired) electrons. The highest BCUT2D eigenvalue weighted by Gasteiger charge is 2.43. The molecule has 5 heteroatoms. The predicted octanol–water partition coefficient (Wildman–Crippen LogP) is 1.78. The SMILES string of the molecule is CC12CNC(C1)c1cc([N+](=O)[O-])ccc1O2. The van der Waals surface area contributed by atoms with Crippen LogP contribution < -0.4 is 10.1 Å². The van der Waals surface area contributed by atoms with Crippen LogP contribution in [0.2, 0.25) is 0 Å². The summed E-state index contributed by atoms with van der Waals surface area (Å²) >= 11 is 0. The first kappa shape index (κ1) is 9.59. The molecule has 2 heterocycles. The maximum atomic E-state index is 10.7. The zero-order valence-electron chi connectivity index (χ0n) is 8.90. The van der Waals surface area contributed by atoms with Gasteiger partial charge in [-0.25, -0.2) is 0 Å². The van der Waals surface area contributed by atoms with Crippen LogP contribution in [-0.2, 0) is 0 Å². The molecule has 1 saturated heterocycles. The number of hydrogen-bond acceptors (Lipinski definition) is 4. The predicted molar refractivity (Wildman–Crippen MR) is 57.5 cm³/mol. The molecule has 0 spiro atoms. The van der Waals surface area contributed by atoms with E-state index >= 15 is 0 Å². The van der Waals surface area contributed by atoms with Crippen LogP contribution in [-0.4, -0.2) is 17.1 Å². The molecule has 0 aromatic heterocycles. The van der Waals surface area contributed by atoms with E-state index in [1.165, 1.54) is 6.07 Å². The molecule has 84 valence electrons. The molecule has 1 fully saturated rings. The summed E-state index contributed by atoms with van der Waals surface area (Å²) in [5.74, 6) is 0.773. The number of nitrogens with one attached hydrogen (secondary N) is 1. The molecule has 0 saturated carbocycles. The lowest BCUT2D eigenvalue weighted by Gasteiger charge is -2.30. The fraction of sp³-hybridized carbons (Fsp3) is 0.455. The number of rotatable bonds is 1. The van der Waals surface area contributed by atoms with Crippen LogP contribution in [0, 0.1) is 10.1 Å². The van der Waals surface area contributed by atoms with Crippen LogP contribution in [0.25, 0.3) is 0 Å². The number of nitro groups is 1. The molecule has 3 rings (SSSR count). The smallest absolute Gasteiger partial charge is 0.270 e. The highest BCUT2D eigenvalue weighted by Crippen LogP contribution is 2.44. The van der Waals surface area contributed by atoms with Gasteiger partial charge in [0, 0.05) is 36.7 Å². The largest absolute Gasteiger partial charge is 0.486 e. The number of nitrogens with zero attached hydrogens (tertiary/aromatic N) is 1. The summed E-state index contributed by atoms with van der Waals surface area (Å²) in [6, 6.07) is 4.99. The Balaban J connectivity index is 2.08. The van der Waals surface area contributed by atoms with Crippen molar-refractivity contribution in [2.24, 2.45) is 0 Å². The Bertz CT molecular complexity index is 474. The minimum atomic E-state index is -0.372. The molecule has 2 aliphatic rings. The second-order valence-corrected chi connectivity index (χ2v) is 4.67. The summed E-state index contributed by atoms with van der Waals surface area (Å²) in [6.45, 7) is 2.85. The Kier molecular flexibility index (Phi) is 1.77. The molecular formula is C11H12N2O3. The molecule has 2 atom stereocenters. The van der Waals surface area contributed by atoms with Crippen LogP contribution in [0.5, 0.6) is 5.75 Å². The maximum absolute atomic E-state index is 10.7. The number of nitro benzene ring substituents is 1. The molecule has 2 aliphatic heterocycles. The molecular weight excluding hydrogens is 208 g/mol. The van der Waals surface area contributed by atoms with E-state index in [2.05, 4.69) is 12.2 Å². The van der Waals surface area contributed by atoms with Gasteiger partial charge in [0.1, 0.15) is 11.4 Å². The third-order valence-electron chi connectivity index (χ3n) is 3.29. The van der Waals surface area contributed by atoms with Crippen molar-refractivity contribution in [2.75, 3.05) is 6.54 Å². The molecule has 1 aromatic rings. The summed E-state index contributed by atoms with van der Waals surface area (Å²) < 4.78 is 5.86. The van der Waals surface area contributed by atoms with E-state index in [-0.39, 0.29) is 22.3 Å². The first-order chi connectivity index (χ1) is 7.57. The lowest BCUT2D eigenvalue weighted by Crippen LogP contribution is -2.35. The minimum Gasteiger partial charge on any atom is -0.486 e. The van der Waals surface area contributed by atoms with Crippen LogP contribution in [0.1, 0.15) is 24.9 Å². The van der Waals surface area contributed by atoms with Crippen molar-refractivity contribution in [1.82, 2.24) is 5.32 Å². The summed E-state index contributed by atoms with van der Waals surface area (Å²) in [5.41, 5.74) is 0.872. The summed E-state index contributed by atoms with van der Waals surface area (Å²) in [6.07, 6.45) is 0.876. The van der Waals surface area contributed by atoms with Crippen molar-refractivity contribution in [2.45, 2.75) is 25.0 Å². The van der Waals surface area contributed by atoms with Crippen LogP contribution in [0.15, 0.2) is 18.2 Å². The zero-order valence-corrected chi connectivity index (χ0v) is 8.90. The van der Waals surface area contributed by atoms with Crippen LogP contribution in [0.3, 0.4) is 0 Å². The summed E-state index contributed by atoms with van der Waals surface area (Å²) in [5, 5.41) is 14.0. The molecule has 1 N–H and O–H groups in total. The number of non-ortho nitro benzene ring substituents is 1. The van der Waals surface area contributed by atoms with E-state index in [9.17, 15) is 10.1 Å². The topological polar surface area (TPSA) is 64.4 Å². The zero-order chi connectivity index (χ0) is 11.3. The molecule has 0 amide bonds. The second-order valence-electron chi connectivity index (χ2n) is 4.67. The Morgan fingerprint density at radius 3 is 3.19 bits per heavy atom. The van der Waals surface area contributed by atoms with Crippen molar-refractivity contribution < 1.29 is 9.66 Å². The van der Waals surface area contributed by atoms with Gasteiger partial charge in [-0.2, -0.15) is 0 Å². The molecule has 5 nitrogen and oxygen atoms in total. The van der Waals surface area contributed by atoms with Gasteiger partial charge in [-0.1, -0.05) is 0 Å². The third kappa shape index (κ3) is 1.28. The van der Waals surface area contributed by atoms with Gasteiger partial charge in [0.2, 0.25) is 0 Å². The van der Waals surface area contributed by atoms with E-state index < -0.39 is 0 Å². The Morgan fingerprint density at radius 2 is 2.44 bits per heavy atom. The summed E-state index contributed by atoms with van der Waals surface area (Å²) in [7, 11) is 0. The van der Waals surface area contributed by atoms with Crippen LogP contribution in [0.4, 0.5) is 5.69 Å². The molecule has 2 unspecified atom stereocenters. The number of benzene rings is 1. The highest BCUT2D eigenvalue weighted by atomic mass is 16.6. The number of ether oxygens (including phenoxy) is 1. The van der Waals surface area contributed by atoms with Gasteiger partial charge in [0.05, 0.1) is 4.92 Å². The van der Waals surface area contributed by atoms with Crippen molar-refractivity contribution in [3.05, 3.63) is 33.9 Å². The standard InChI is InChI=1S/C11H12N2O3/c1-11-5-9(12-6-11)8-4-7(13(14)15)2-3-10(8)16-11/h2-4,9,12H,5-6H2,1H3. The quantitative estimate of drug-likeness (QED) is 0.578. The Morgan fingerprint density at radius 1 is 1.62 bits per heavy atom. The van der Waals surface area contributed by atoms with Crippen molar-refractivity contribution in [3.8, 4) is 5.75 Å². The molecule has 16 heavy (non-hydrogen) atoms. The van der Waals surface area contributed by atoms with Crippen molar-refractivity contribution >= 4 is 5.69 Å². The van der Waals surface area contributed by atoms with Crippen molar-refractivity contribution in [1.29, 1.82) is 0 Å². The summed E-state index contributed by atoms with van der Waals surface area (Å²) in [4.78, 5) is 10.3. The second kappa shape index (κ2) is 2.95. The van der Waals surface area contributed by atoms with Gasteiger partial charge in [-0.3, -0.25) is 10.1 Å². The average Bonchev–Trinajstić information content (AvgIpc) is 2.55. The van der Waals surface area contributed by atoms with E-state index in [1.54, 1.807) is 12.1 Å². The van der Waals surface area contributed by atoms with E-state index in [1.807, 2.05) is 0 Å². The monoisotopic (exact) mass is 220 g/mol. The minimum absolute atomic E-state index is 0.125. The van der Waals surface area contributed by atoms with Crippen LogP contribution >= 0.6 is 0 Å². The number of fused-ring (bicyclic) bond motifs is 4. The first-order valence-corrected chi connectivity index (χ1v) is 5.28. The molecule has 1 aromatic carbocycles. The van der Waals surface area contributed by atoms with Gasteiger partial charge >= 0.3 is 0 Å². The van der Waals surface area contributed by atoms with Gasteiger partial charge in [-0.05, 0) is 13.0 Å². The Labute approximate surface area is 92.6 Å². The molecule has 0 aliphatic carbocycles. The fourth-order valence-corrected chi connectivity index (χ4v) is 2.49. The van der Waals surface area contributed by atoms with Crippen molar-refractivity contribution in [3.63, 3.8) is 0 Å². The third-order valence-corrected chi connectivity index (χ3v) is 3.29. The molecule has 2 bridgehead atoms.